The molecule has 0 radical (unpaired) electrons. The molecule has 1 saturated carbocycles. The third kappa shape index (κ3) is 5.57. The molecule has 0 amide bonds. The fraction of sp³-hybridized carbons (Fsp3) is 1.00. The minimum atomic E-state index is -3.00. The average molecular weight is 220 g/mol. The molecule has 1 aliphatic rings. The zero-order valence-corrected chi connectivity index (χ0v) is 9.57. The molecule has 0 aromatic rings. The first-order chi connectivity index (χ1) is 6.58. The Morgan fingerprint density at radius 1 is 1.21 bits per heavy atom. The van der Waals surface area contributed by atoms with Gasteiger partial charge in [0.1, 0.15) is 0 Å². The first-order valence-electron chi connectivity index (χ1n) is 5.26. The van der Waals surface area contributed by atoms with Gasteiger partial charge in [-0.2, -0.15) is 0 Å². The maximum atomic E-state index is 10.7. The van der Waals surface area contributed by atoms with Crippen molar-refractivity contribution in [3.8, 4) is 0 Å². The highest BCUT2D eigenvalue weighted by atomic mass is 32.2. The van der Waals surface area contributed by atoms with Crippen LogP contribution in [0.25, 0.3) is 0 Å². The van der Waals surface area contributed by atoms with Crippen molar-refractivity contribution in [1.82, 2.24) is 10.0 Å². The van der Waals surface area contributed by atoms with Crippen LogP contribution < -0.4 is 10.0 Å². The fourth-order valence-corrected chi connectivity index (χ4v) is 2.30. The molecule has 0 spiro atoms. The highest BCUT2D eigenvalue weighted by Gasteiger charge is 2.13. The Hall–Kier alpha value is -0.130. The van der Waals surface area contributed by atoms with Crippen molar-refractivity contribution in [3.63, 3.8) is 0 Å². The first-order valence-corrected chi connectivity index (χ1v) is 7.15. The van der Waals surface area contributed by atoms with Crippen LogP contribution in [0.2, 0.25) is 0 Å². The summed E-state index contributed by atoms with van der Waals surface area (Å²) in [5.41, 5.74) is 0. The summed E-state index contributed by atoms with van der Waals surface area (Å²) in [6.07, 6.45) is 7.28. The van der Waals surface area contributed by atoms with Crippen LogP contribution in [0.4, 0.5) is 0 Å². The standard InChI is InChI=1S/C9H20N2O2S/c1-14(12,13)11-8-4-7-10-9-5-2-3-6-9/h9-11H,2-8H2,1H3. The van der Waals surface area contributed by atoms with Crippen LogP contribution in [0.15, 0.2) is 0 Å². The maximum Gasteiger partial charge on any atom is 0.208 e. The number of rotatable bonds is 6. The SMILES string of the molecule is CS(=O)(=O)NCCCNC1CCCC1. The van der Waals surface area contributed by atoms with Crippen LogP contribution in [-0.2, 0) is 10.0 Å². The van der Waals surface area contributed by atoms with Crippen LogP contribution in [0.1, 0.15) is 32.1 Å². The van der Waals surface area contributed by atoms with E-state index in [1.54, 1.807) is 0 Å². The van der Waals surface area contributed by atoms with Crippen LogP contribution in [0.5, 0.6) is 0 Å². The lowest BCUT2D eigenvalue weighted by Crippen LogP contribution is -2.30. The molecular weight excluding hydrogens is 200 g/mol. The van der Waals surface area contributed by atoms with E-state index >= 15 is 0 Å². The Bertz CT molecular complexity index is 246. The van der Waals surface area contributed by atoms with Gasteiger partial charge in [-0.3, -0.25) is 0 Å². The molecule has 4 nitrogen and oxygen atoms in total. The van der Waals surface area contributed by atoms with Gasteiger partial charge in [-0.05, 0) is 25.8 Å². The molecule has 5 heteroatoms. The molecule has 14 heavy (non-hydrogen) atoms. The van der Waals surface area contributed by atoms with Crippen molar-refractivity contribution < 1.29 is 8.42 Å². The van der Waals surface area contributed by atoms with Gasteiger partial charge in [0, 0.05) is 12.6 Å². The third-order valence-corrected chi connectivity index (χ3v) is 3.23. The molecule has 1 rings (SSSR count). The Morgan fingerprint density at radius 3 is 2.43 bits per heavy atom. The molecule has 84 valence electrons. The van der Waals surface area contributed by atoms with Gasteiger partial charge in [0.2, 0.25) is 10.0 Å². The lowest BCUT2D eigenvalue weighted by atomic mass is 10.2. The topological polar surface area (TPSA) is 58.2 Å². The van der Waals surface area contributed by atoms with Crippen molar-refractivity contribution >= 4 is 10.0 Å². The number of hydrogen-bond donors (Lipinski definition) is 2. The van der Waals surface area contributed by atoms with E-state index in [0.717, 1.165) is 13.0 Å². The van der Waals surface area contributed by atoms with Gasteiger partial charge >= 0.3 is 0 Å². The minimum absolute atomic E-state index is 0.540. The van der Waals surface area contributed by atoms with Gasteiger partial charge in [-0.15, -0.1) is 0 Å². The van der Waals surface area contributed by atoms with Crippen molar-refractivity contribution in [2.75, 3.05) is 19.3 Å². The summed E-state index contributed by atoms with van der Waals surface area (Å²) >= 11 is 0. The third-order valence-electron chi connectivity index (χ3n) is 2.51. The van der Waals surface area contributed by atoms with Gasteiger partial charge in [0.25, 0.3) is 0 Å². The average Bonchev–Trinajstić information content (AvgIpc) is 2.54. The molecule has 0 aliphatic heterocycles. The highest BCUT2D eigenvalue weighted by Crippen LogP contribution is 2.17. The highest BCUT2D eigenvalue weighted by molar-refractivity contribution is 7.88. The minimum Gasteiger partial charge on any atom is -0.314 e. The lowest BCUT2D eigenvalue weighted by Gasteiger charge is -2.11. The molecule has 0 saturated heterocycles. The van der Waals surface area contributed by atoms with Crippen LogP contribution in [-0.4, -0.2) is 33.8 Å². The summed E-state index contributed by atoms with van der Waals surface area (Å²) in [5.74, 6) is 0. The molecule has 0 unspecified atom stereocenters. The second-order valence-corrected chi connectivity index (χ2v) is 5.79. The Morgan fingerprint density at radius 2 is 1.86 bits per heavy atom. The van der Waals surface area contributed by atoms with Crippen molar-refractivity contribution in [3.05, 3.63) is 0 Å². The smallest absolute Gasteiger partial charge is 0.208 e. The Kier molecular flexibility index (Phi) is 4.84. The summed E-state index contributed by atoms with van der Waals surface area (Å²) in [4.78, 5) is 0. The molecular formula is C9H20N2O2S. The molecule has 0 heterocycles. The summed E-state index contributed by atoms with van der Waals surface area (Å²) in [5, 5.41) is 3.43. The summed E-state index contributed by atoms with van der Waals surface area (Å²) in [6, 6.07) is 0.674. The summed E-state index contributed by atoms with van der Waals surface area (Å²) in [6.45, 7) is 1.45. The van der Waals surface area contributed by atoms with Gasteiger partial charge in [-0.1, -0.05) is 12.8 Å². The van der Waals surface area contributed by atoms with E-state index in [9.17, 15) is 8.42 Å². The van der Waals surface area contributed by atoms with Crippen molar-refractivity contribution in [1.29, 1.82) is 0 Å². The van der Waals surface area contributed by atoms with Crippen LogP contribution in [0.3, 0.4) is 0 Å². The summed E-state index contributed by atoms with van der Waals surface area (Å²) < 4.78 is 23.9. The maximum absolute atomic E-state index is 10.7. The summed E-state index contributed by atoms with van der Waals surface area (Å²) in [7, 11) is -3.00. The lowest BCUT2D eigenvalue weighted by molar-refractivity contribution is 0.512. The second-order valence-electron chi connectivity index (χ2n) is 3.96. The van der Waals surface area contributed by atoms with Gasteiger partial charge in [0.15, 0.2) is 0 Å². The van der Waals surface area contributed by atoms with Crippen molar-refractivity contribution in [2.45, 2.75) is 38.1 Å². The van der Waals surface area contributed by atoms with Crippen molar-refractivity contribution in [2.24, 2.45) is 0 Å². The number of hydrogen-bond acceptors (Lipinski definition) is 3. The first kappa shape index (κ1) is 11.9. The van der Waals surface area contributed by atoms with Gasteiger partial charge in [-0.25, -0.2) is 13.1 Å². The quantitative estimate of drug-likeness (QED) is 0.639. The molecule has 1 aliphatic carbocycles. The van der Waals surface area contributed by atoms with E-state index in [-0.39, 0.29) is 0 Å². The number of nitrogens with one attached hydrogen (secondary N) is 2. The van der Waals surface area contributed by atoms with E-state index in [0.29, 0.717) is 12.6 Å². The normalized spacial score (nSPS) is 18.9. The number of sulfonamides is 1. The predicted molar refractivity (Wildman–Crippen MR) is 57.7 cm³/mol. The van der Waals surface area contributed by atoms with E-state index in [4.69, 9.17) is 0 Å². The van der Waals surface area contributed by atoms with E-state index in [1.165, 1.54) is 31.9 Å². The fourth-order valence-electron chi connectivity index (χ4n) is 1.78. The van der Waals surface area contributed by atoms with Gasteiger partial charge in [0.05, 0.1) is 6.26 Å². The van der Waals surface area contributed by atoms with E-state index in [1.807, 2.05) is 0 Å². The molecule has 0 bridgehead atoms. The zero-order valence-electron chi connectivity index (χ0n) is 8.75. The zero-order chi connectivity index (χ0) is 10.4. The van der Waals surface area contributed by atoms with Crippen LogP contribution in [0, 0.1) is 0 Å². The molecule has 0 aromatic heterocycles. The Balaban J connectivity index is 1.94. The Labute approximate surface area is 86.5 Å². The predicted octanol–water partition coefficient (Wildman–Crippen LogP) is 0.458. The van der Waals surface area contributed by atoms with Crippen LogP contribution >= 0.6 is 0 Å². The monoisotopic (exact) mass is 220 g/mol. The second kappa shape index (κ2) is 5.68. The largest absolute Gasteiger partial charge is 0.314 e. The van der Waals surface area contributed by atoms with E-state index in [2.05, 4.69) is 10.0 Å². The molecule has 0 atom stereocenters. The van der Waals surface area contributed by atoms with Gasteiger partial charge < -0.3 is 5.32 Å². The molecule has 1 fully saturated rings. The molecule has 0 aromatic carbocycles. The van der Waals surface area contributed by atoms with E-state index < -0.39 is 10.0 Å². The molecule has 2 N–H and O–H groups in total.